The molecule has 0 aromatic carbocycles. The summed E-state index contributed by atoms with van der Waals surface area (Å²) in [6, 6.07) is -0.452. The minimum atomic E-state index is -4.24. The van der Waals surface area contributed by atoms with Crippen LogP contribution >= 0.6 is 12.4 Å². The Bertz CT molecular complexity index is 129. The van der Waals surface area contributed by atoms with E-state index in [1.165, 1.54) is 0 Å². The number of nitrogens with two attached hydrogens (primary N) is 1. The summed E-state index contributed by atoms with van der Waals surface area (Å²) < 4.78 is 39.6. The highest BCUT2D eigenvalue weighted by Gasteiger charge is 2.44. The number of halogens is 4. The molecule has 6 heteroatoms. The zero-order valence-corrected chi connectivity index (χ0v) is 6.41. The van der Waals surface area contributed by atoms with Gasteiger partial charge in [0.2, 0.25) is 0 Å². The second kappa shape index (κ2) is 3.60. The van der Waals surface area contributed by atoms with Crippen molar-refractivity contribution >= 4 is 12.4 Å². The van der Waals surface area contributed by atoms with Crippen LogP contribution in [0.2, 0.25) is 0 Å². The second-order valence-corrected chi connectivity index (χ2v) is 2.36. The summed E-state index contributed by atoms with van der Waals surface area (Å²) in [6.45, 7) is 0.0180. The molecule has 1 rings (SSSR count). The molecule has 2 N–H and O–H groups in total. The highest BCUT2D eigenvalue weighted by Crippen LogP contribution is 2.29. The third-order valence-electron chi connectivity index (χ3n) is 1.39. The van der Waals surface area contributed by atoms with Crippen molar-refractivity contribution in [1.29, 1.82) is 0 Å². The standard InChI is InChI=1S/C5H8F3NO.ClH/c6-5(7,8)4-1-3(9)2-10-4;/h3-4H,1-2,9H2;1H/t3-,4-;/m1./s1. The van der Waals surface area contributed by atoms with Crippen LogP contribution in [0.1, 0.15) is 6.42 Å². The Balaban J connectivity index is 0.000001000. The molecule has 0 radical (unpaired) electrons. The van der Waals surface area contributed by atoms with Crippen LogP contribution in [0.4, 0.5) is 13.2 Å². The molecule has 0 bridgehead atoms. The average Bonchev–Trinajstić information content (AvgIpc) is 2.11. The van der Waals surface area contributed by atoms with Gasteiger partial charge in [0.25, 0.3) is 0 Å². The molecular weight excluding hydrogens is 183 g/mol. The molecule has 0 aromatic heterocycles. The van der Waals surface area contributed by atoms with E-state index in [1.807, 2.05) is 0 Å². The topological polar surface area (TPSA) is 35.2 Å². The van der Waals surface area contributed by atoms with Gasteiger partial charge in [0, 0.05) is 6.04 Å². The SMILES string of the molecule is Cl.N[C@H]1CO[C@@H](C(F)(F)F)C1. The molecule has 1 fully saturated rings. The summed E-state index contributed by atoms with van der Waals surface area (Å²) in [5, 5.41) is 0. The van der Waals surface area contributed by atoms with E-state index in [2.05, 4.69) is 4.74 Å². The lowest BCUT2D eigenvalue weighted by molar-refractivity contribution is -0.206. The van der Waals surface area contributed by atoms with Crippen LogP contribution in [0.15, 0.2) is 0 Å². The van der Waals surface area contributed by atoms with Gasteiger partial charge in [-0.1, -0.05) is 0 Å². The maximum Gasteiger partial charge on any atom is 0.414 e. The van der Waals surface area contributed by atoms with Crippen molar-refractivity contribution in [3.63, 3.8) is 0 Å². The molecule has 11 heavy (non-hydrogen) atoms. The zero-order chi connectivity index (χ0) is 7.78. The molecule has 68 valence electrons. The maximum absolute atomic E-state index is 11.8. The summed E-state index contributed by atoms with van der Waals surface area (Å²) >= 11 is 0. The smallest absolute Gasteiger partial charge is 0.367 e. The van der Waals surface area contributed by atoms with Crippen molar-refractivity contribution in [2.24, 2.45) is 5.73 Å². The molecule has 1 aliphatic rings. The van der Waals surface area contributed by atoms with E-state index in [1.54, 1.807) is 0 Å². The van der Waals surface area contributed by atoms with Crippen LogP contribution in [0, 0.1) is 0 Å². The summed E-state index contributed by atoms with van der Waals surface area (Å²) in [7, 11) is 0. The minimum absolute atomic E-state index is 0. The van der Waals surface area contributed by atoms with Crippen molar-refractivity contribution in [3.05, 3.63) is 0 Å². The van der Waals surface area contributed by atoms with Crippen molar-refractivity contribution < 1.29 is 17.9 Å². The lowest BCUT2D eigenvalue weighted by Crippen LogP contribution is -2.29. The highest BCUT2D eigenvalue weighted by atomic mass is 35.5. The van der Waals surface area contributed by atoms with Gasteiger partial charge in [-0.25, -0.2) is 0 Å². The van der Waals surface area contributed by atoms with E-state index in [0.29, 0.717) is 0 Å². The molecule has 0 unspecified atom stereocenters. The largest absolute Gasteiger partial charge is 0.414 e. The maximum atomic E-state index is 11.8. The van der Waals surface area contributed by atoms with Gasteiger partial charge in [-0.05, 0) is 6.42 Å². The van der Waals surface area contributed by atoms with Gasteiger partial charge in [0.15, 0.2) is 6.10 Å². The molecule has 1 aliphatic heterocycles. The van der Waals surface area contributed by atoms with E-state index < -0.39 is 18.3 Å². The molecule has 1 saturated heterocycles. The third-order valence-corrected chi connectivity index (χ3v) is 1.39. The van der Waals surface area contributed by atoms with E-state index in [-0.39, 0.29) is 25.4 Å². The number of rotatable bonds is 0. The fourth-order valence-corrected chi connectivity index (χ4v) is 0.879. The fourth-order valence-electron chi connectivity index (χ4n) is 0.879. The van der Waals surface area contributed by atoms with E-state index >= 15 is 0 Å². The summed E-state index contributed by atoms with van der Waals surface area (Å²) in [4.78, 5) is 0. The van der Waals surface area contributed by atoms with Gasteiger partial charge in [0.1, 0.15) is 0 Å². The van der Waals surface area contributed by atoms with Gasteiger partial charge >= 0.3 is 6.18 Å². The highest BCUT2D eigenvalue weighted by molar-refractivity contribution is 5.85. The first-order chi connectivity index (χ1) is 4.50. The Hall–Kier alpha value is -0.0000000000000000555. The molecule has 0 saturated carbocycles. The zero-order valence-electron chi connectivity index (χ0n) is 5.60. The summed E-state index contributed by atoms with van der Waals surface area (Å²) in [5.41, 5.74) is 5.20. The number of ether oxygens (including phenoxy) is 1. The Morgan fingerprint density at radius 3 is 2.09 bits per heavy atom. The molecule has 0 aliphatic carbocycles. The van der Waals surface area contributed by atoms with Crippen LogP contribution < -0.4 is 5.73 Å². The molecule has 2 nitrogen and oxygen atoms in total. The Morgan fingerprint density at radius 2 is 1.91 bits per heavy atom. The fraction of sp³-hybridized carbons (Fsp3) is 1.00. The predicted octanol–water partition coefficient (Wildman–Crippen LogP) is 1.09. The third kappa shape index (κ3) is 2.84. The minimum Gasteiger partial charge on any atom is -0.367 e. The Labute approximate surface area is 68.3 Å². The first-order valence-corrected chi connectivity index (χ1v) is 2.94. The van der Waals surface area contributed by atoms with Crippen molar-refractivity contribution in [1.82, 2.24) is 0 Å². The quantitative estimate of drug-likeness (QED) is 0.622. The van der Waals surface area contributed by atoms with Gasteiger partial charge in [-0.3, -0.25) is 0 Å². The molecule has 0 amide bonds. The lowest BCUT2D eigenvalue weighted by Gasteiger charge is -2.12. The van der Waals surface area contributed by atoms with Crippen LogP contribution in [0.25, 0.3) is 0 Å². The van der Waals surface area contributed by atoms with Crippen LogP contribution in [-0.4, -0.2) is 24.9 Å². The average molecular weight is 192 g/mol. The van der Waals surface area contributed by atoms with E-state index in [4.69, 9.17) is 5.73 Å². The number of hydrogen-bond acceptors (Lipinski definition) is 2. The van der Waals surface area contributed by atoms with E-state index in [0.717, 1.165) is 0 Å². The molecule has 0 spiro atoms. The number of hydrogen-bond donors (Lipinski definition) is 1. The van der Waals surface area contributed by atoms with E-state index in [9.17, 15) is 13.2 Å². The van der Waals surface area contributed by atoms with Gasteiger partial charge < -0.3 is 10.5 Å². The first-order valence-electron chi connectivity index (χ1n) is 2.94. The Morgan fingerprint density at radius 1 is 1.36 bits per heavy atom. The van der Waals surface area contributed by atoms with Gasteiger partial charge in [0.05, 0.1) is 6.61 Å². The predicted molar refractivity (Wildman–Crippen MR) is 35.6 cm³/mol. The summed E-state index contributed by atoms with van der Waals surface area (Å²) in [5.74, 6) is 0. The normalized spacial score (nSPS) is 31.6. The van der Waals surface area contributed by atoms with Gasteiger partial charge in [-0.15, -0.1) is 12.4 Å². The molecule has 2 atom stereocenters. The van der Waals surface area contributed by atoms with Crippen LogP contribution in [0.3, 0.4) is 0 Å². The second-order valence-electron chi connectivity index (χ2n) is 2.36. The van der Waals surface area contributed by atoms with Crippen molar-refractivity contribution in [3.8, 4) is 0 Å². The van der Waals surface area contributed by atoms with Crippen molar-refractivity contribution in [2.45, 2.75) is 24.7 Å². The molecule has 1 heterocycles. The number of alkyl halides is 3. The molecule has 0 aromatic rings. The van der Waals surface area contributed by atoms with Crippen LogP contribution in [-0.2, 0) is 4.74 Å². The van der Waals surface area contributed by atoms with Crippen molar-refractivity contribution in [2.75, 3.05) is 6.61 Å². The first kappa shape index (κ1) is 11.0. The van der Waals surface area contributed by atoms with Crippen LogP contribution in [0.5, 0.6) is 0 Å². The lowest BCUT2D eigenvalue weighted by atomic mass is 10.2. The van der Waals surface area contributed by atoms with Gasteiger partial charge in [-0.2, -0.15) is 13.2 Å². The summed E-state index contributed by atoms with van der Waals surface area (Å²) in [6.07, 6.45) is -5.99. The Kier molecular flexibility index (Phi) is 3.60. The monoisotopic (exact) mass is 191 g/mol. The molecular formula is C5H9ClF3NO.